The van der Waals surface area contributed by atoms with E-state index in [1.807, 2.05) is 4.40 Å². The van der Waals surface area contributed by atoms with Crippen LogP contribution in [0.1, 0.15) is 0 Å². The molecular weight excluding hydrogens is 600 g/mol. The first kappa shape index (κ1) is 34.3. The summed E-state index contributed by atoms with van der Waals surface area (Å²) < 4.78 is 146. The molecule has 0 saturated carbocycles. The summed E-state index contributed by atoms with van der Waals surface area (Å²) in [6, 6.07) is 13.5. The van der Waals surface area contributed by atoms with Gasteiger partial charge in [-0.3, -0.25) is 8.42 Å². The van der Waals surface area contributed by atoms with Crippen molar-refractivity contribution in [1.82, 2.24) is 0 Å². The normalized spacial score (nSPS) is 14.8. The van der Waals surface area contributed by atoms with E-state index in [-0.39, 0.29) is 56.3 Å². The zero-order valence-corrected chi connectivity index (χ0v) is 23.6. The molecular formula is C15H12F6KN3O6S4. The number of benzene rings is 2. The molecule has 0 aliphatic carbocycles. The van der Waals surface area contributed by atoms with E-state index in [1.165, 1.54) is 42.5 Å². The Hall–Kier alpha value is -0.714. The molecule has 0 bridgehead atoms. The summed E-state index contributed by atoms with van der Waals surface area (Å²) >= 11 is 0. The van der Waals surface area contributed by atoms with E-state index in [1.54, 1.807) is 6.07 Å². The Labute approximate surface area is 241 Å². The van der Waals surface area contributed by atoms with E-state index in [0.29, 0.717) is 0 Å². The monoisotopic (exact) mass is 611 g/mol. The maximum atomic E-state index is 12.8. The fourth-order valence-electron chi connectivity index (χ4n) is 1.62. The van der Waals surface area contributed by atoms with Crippen molar-refractivity contribution in [1.29, 1.82) is 0 Å². The van der Waals surface area contributed by atoms with Crippen LogP contribution in [-0.4, -0.2) is 43.0 Å². The summed E-state index contributed by atoms with van der Waals surface area (Å²) in [5, 5.41) is 0. The topological polar surface area (TPSA) is 141 Å². The zero-order chi connectivity index (χ0) is 26.4. The van der Waals surface area contributed by atoms with Gasteiger partial charge in [-0.1, -0.05) is 36.4 Å². The Balaban J connectivity index is 0.000000989. The Bertz CT molecular complexity index is 1360. The Morgan fingerprint density at radius 2 is 1.14 bits per heavy atom. The molecule has 2 atom stereocenters. The molecule has 0 fully saturated rings. The molecule has 2 rings (SSSR count). The number of alkyl halides is 6. The molecule has 0 amide bonds. The summed E-state index contributed by atoms with van der Waals surface area (Å²) in [5.41, 5.74) is -11.1. The minimum absolute atomic E-state index is 0. The van der Waals surface area contributed by atoms with Gasteiger partial charge in [0, 0.05) is 26.4 Å². The van der Waals surface area contributed by atoms with Crippen LogP contribution in [0.3, 0.4) is 0 Å². The second-order valence-corrected chi connectivity index (χ2v) is 12.2. The van der Waals surface area contributed by atoms with Gasteiger partial charge in [-0.15, -0.1) is 3.77 Å². The molecule has 0 spiro atoms. The van der Waals surface area contributed by atoms with Gasteiger partial charge >= 0.3 is 82.4 Å². The molecule has 9 nitrogen and oxygen atoms in total. The van der Waals surface area contributed by atoms with Crippen molar-refractivity contribution in [3.05, 3.63) is 64.8 Å². The largest absolute Gasteiger partial charge is 1.00 e. The van der Waals surface area contributed by atoms with Gasteiger partial charge in [-0.05, 0) is 35.3 Å². The van der Waals surface area contributed by atoms with Crippen LogP contribution in [0.2, 0.25) is 0 Å². The third kappa shape index (κ3) is 9.93. The van der Waals surface area contributed by atoms with Crippen LogP contribution in [0.4, 0.5) is 26.3 Å². The van der Waals surface area contributed by atoms with Gasteiger partial charge in [0.2, 0.25) is 0 Å². The van der Waals surface area contributed by atoms with E-state index in [2.05, 4.69) is 14.6 Å². The van der Waals surface area contributed by atoms with Crippen molar-refractivity contribution in [2.45, 2.75) is 20.8 Å². The molecule has 2 unspecified atom stereocenters. The predicted molar refractivity (Wildman–Crippen MR) is 111 cm³/mol. The second kappa shape index (κ2) is 13.2. The van der Waals surface area contributed by atoms with E-state index in [0.717, 1.165) is 12.1 Å². The Morgan fingerprint density at radius 3 is 1.49 bits per heavy atom. The van der Waals surface area contributed by atoms with Crippen LogP contribution in [0.5, 0.6) is 0 Å². The maximum absolute atomic E-state index is 12.8. The third-order valence-corrected chi connectivity index (χ3v) is 9.13. The van der Waals surface area contributed by atoms with Gasteiger partial charge in [0.15, 0.2) is 0 Å². The smallest absolute Gasteiger partial charge is 0.472 e. The van der Waals surface area contributed by atoms with Crippen molar-refractivity contribution in [3.63, 3.8) is 0 Å². The minimum Gasteiger partial charge on any atom is -0.472 e. The van der Waals surface area contributed by atoms with Crippen LogP contribution >= 0.6 is 0 Å². The summed E-state index contributed by atoms with van der Waals surface area (Å²) in [4.78, 5) is -0.377. The first-order valence-electron chi connectivity index (χ1n) is 8.00. The molecule has 0 N–H and O–H groups in total. The van der Waals surface area contributed by atoms with Gasteiger partial charge in [-0.2, -0.15) is 47.6 Å². The Morgan fingerprint density at radius 1 is 0.743 bits per heavy atom. The van der Waals surface area contributed by atoms with Gasteiger partial charge in [0.05, 0.1) is 0 Å². The SMILES string of the molecule is C=NS(=O)(=O)C(F)(F)F.O=S([N-]S(=O)(=NS(=O)(=O)C(F)(F)F)c1ccccc1)c1ccccc1.[K+]. The van der Waals surface area contributed by atoms with Crippen LogP contribution in [0.15, 0.2) is 78.6 Å². The molecule has 35 heavy (non-hydrogen) atoms. The summed E-state index contributed by atoms with van der Waals surface area (Å²) in [6.45, 7) is 2.24. The van der Waals surface area contributed by atoms with Crippen LogP contribution in [-0.2, 0) is 40.9 Å². The fourth-order valence-corrected chi connectivity index (χ4v) is 6.19. The number of halogens is 6. The number of rotatable bonds is 6. The van der Waals surface area contributed by atoms with Gasteiger partial charge in [0.1, 0.15) is 0 Å². The third-order valence-electron chi connectivity index (χ3n) is 3.12. The quantitative estimate of drug-likeness (QED) is 0.270. The minimum atomic E-state index is -6.11. The van der Waals surface area contributed by atoms with Gasteiger partial charge in [0.25, 0.3) is 0 Å². The van der Waals surface area contributed by atoms with E-state index in [4.69, 9.17) is 0 Å². The number of nitrogens with zero attached hydrogens (tertiary/aromatic N) is 3. The summed E-state index contributed by atoms with van der Waals surface area (Å²) in [7, 11) is -18.3. The van der Waals surface area contributed by atoms with Crippen LogP contribution in [0, 0.1) is 0 Å². The average Bonchev–Trinajstić information content (AvgIpc) is 2.73. The summed E-state index contributed by atoms with van der Waals surface area (Å²) in [5.74, 6) is 0. The molecule has 0 radical (unpaired) electrons. The molecule has 0 aliphatic rings. The Kier molecular flexibility index (Phi) is 12.9. The molecule has 0 aliphatic heterocycles. The van der Waals surface area contributed by atoms with Gasteiger partial charge < -0.3 is 4.13 Å². The number of hydrogen-bond donors (Lipinski definition) is 0. The zero-order valence-electron chi connectivity index (χ0n) is 17.2. The number of sulfonamides is 2. The molecule has 190 valence electrons. The van der Waals surface area contributed by atoms with Crippen molar-refractivity contribution >= 4 is 47.7 Å². The molecule has 0 saturated heterocycles. The number of hydrogen-bond acceptors (Lipinski definition) is 6. The molecule has 2 aromatic carbocycles. The molecule has 20 heteroatoms. The molecule has 2 aromatic rings. The standard InChI is InChI=1S/C13H10F3N2O4S3.C2H2F3NO2S.K/c14-13(15,16)25(21,22)18-24(20,12-9-5-2-6-10-12)17-23(19)11-7-3-1-4-8-11;1-6-9(7,8)2(3,4)5;/h1-10H;1H2;/q-1;;+1. The second-order valence-electron chi connectivity index (χ2n) is 5.49. The fraction of sp³-hybridized carbons (Fsp3) is 0.133. The van der Waals surface area contributed by atoms with Gasteiger partial charge in [-0.25, -0.2) is 0 Å². The van der Waals surface area contributed by atoms with E-state index >= 15 is 0 Å². The van der Waals surface area contributed by atoms with Crippen LogP contribution < -0.4 is 51.4 Å². The van der Waals surface area contributed by atoms with Crippen LogP contribution in [0.25, 0.3) is 4.13 Å². The first-order valence-corrected chi connectivity index (χ1v) is 13.5. The average molecular weight is 612 g/mol. The van der Waals surface area contributed by atoms with Crippen molar-refractivity contribution < 1.29 is 103 Å². The van der Waals surface area contributed by atoms with Crippen molar-refractivity contribution in [3.8, 4) is 0 Å². The summed E-state index contributed by atoms with van der Waals surface area (Å²) in [6.07, 6.45) is 0. The van der Waals surface area contributed by atoms with E-state index in [9.17, 15) is 51.6 Å². The van der Waals surface area contributed by atoms with Crippen molar-refractivity contribution in [2.75, 3.05) is 0 Å². The molecule has 0 aromatic heterocycles. The first-order chi connectivity index (χ1) is 15.4. The predicted octanol–water partition coefficient (Wildman–Crippen LogP) is 0.915. The maximum Gasteiger partial charge on any atom is 1.00 e. The van der Waals surface area contributed by atoms with E-state index < -0.39 is 56.9 Å². The van der Waals surface area contributed by atoms with Crippen molar-refractivity contribution in [2.24, 2.45) is 8.17 Å². The molecule has 0 heterocycles.